The number of carbonyl (C=O) groups is 1. The molecule has 0 spiro atoms. The van der Waals surface area contributed by atoms with Crippen LogP contribution in [0.1, 0.15) is 31.2 Å². The van der Waals surface area contributed by atoms with Crippen molar-refractivity contribution in [2.45, 2.75) is 44.8 Å². The minimum Gasteiger partial charge on any atom is -0.337 e. The van der Waals surface area contributed by atoms with E-state index in [1.807, 2.05) is 58.6 Å². The molecule has 7 nitrogen and oxygen atoms in total. The van der Waals surface area contributed by atoms with Gasteiger partial charge < -0.3 is 14.8 Å². The number of nitrogens with zero attached hydrogens (tertiary/aromatic N) is 5. The largest absolute Gasteiger partial charge is 0.337 e. The molecule has 0 unspecified atom stereocenters. The van der Waals surface area contributed by atoms with Crippen molar-refractivity contribution in [2.75, 3.05) is 6.54 Å². The first kappa shape index (κ1) is 18.3. The van der Waals surface area contributed by atoms with Crippen LogP contribution in [0.25, 0.3) is 5.69 Å². The summed E-state index contributed by atoms with van der Waals surface area (Å²) in [7, 11) is 0. The Morgan fingerprint density at radius 1 is 1.14 bits per heavy atom. The van der Waals surface area contributed by atoms with Gasteiger partial charge in [-0.2, -0.15) is 5.10 Å². The predicted molar refractivity (Wildman–Crippen MR) is 107 cm³/mol. The Labute approximate surface area is 165 Å². The van der Waals surface area contributed by atoms with Gasteiger partial charge in [0.15, 0.2) is 0 Å². The number of para-hydroxylation sites is 1. The molecule has 0 aliphatic carbocycles. The maximum Gasteiger partial charge on any atom is 0.317 e. The number of hydrogen-bond donors (Lipinski definition) is 1. The third-order valence-corrected chi connectivity index (χ3v) is 5.34. The predicted octanol–water partition coefficient (Wildman–Crippen LogP) is 3.22. The van der Waals surface area contributed by atoms with Crippen LogP contribution in [-0.4, -0.2) is 42.8 Å². The Bertz CT molecular complexity index is 874. The number of benzene rings is 1. The van der Waals surface area contributed by atoms with E-state index in [2.05, 4.69) is 20.0 Å². The summed E-state index contributed by atoms with van der Waals surface area (Å²) in [6.45, 7) is 2.19. The quantitative estimate of drug-likeness (QED) is 0.716. The average Bonchev–Trinajstić information content (AvgIpc) is 3.45. The lowest BCUT2D eigenvalue weighted by Crippen LogP contribution is -2.48. The molecule has 4 rings (SSSR count). The lowest BCUT2D eigenvalue weighted by molar-refractivity contribution is 0.143. The van der Waals surface area contributed by atoms with E-state index < -0.39 is 0 Å². The van der Waals surface area contributed by atoms with Crippen LogP contribution in [0.2, 0.25) is 0 Å². The first-order valence-electron chi connectivity index (χ1n) is 9.89. The van der Waals surface area contributed by atoms with E-state index >= 15 is 0 Å². The number of carbonyl (C=O) groups excluding carboxylic acids is 1. The van der Waals surface area contributed by atoms with E-state index in [1.54, 1.807) is 12.4 Å². The highest BCUT2D eigenvalue weighted by atomic mass is 16.2. The molecule has 2 aromatic heterocycles. The molecule has 3 heterocycles. The molecular formula is C21H26N6O. The number of nitrogens with one attached hydrogen (secondary N) is 1. The number of aromatic nitrogens is 4. The maximum atomic E-state index is 12.9. The number of aryl methyl sites for hydroxylation is 1. The Hall–Kier alpha value is -3.09. The molecule has 28 heavy (non-hydrogen) atoms. The summed E-state index contributed by atoms with van der Waals surface area (Å²) in [5.74, 6) is 0. The fraction of sp³-hybridized carbons (Fsp3) is 0.381. The van der Waals surface area contributed by atoms with Gasteiger partial charge in [-0.15, -0.1) is 0 Å². The van der Waals surface area contributed by atoms with Crippen LogP contribution in [0.4, 0.5) is 4.79 Å². The highest BCUT2D eigenvalue weighted by Gasteiger charge is 2.26. The fourth-order valence-corrected chi connectivity index (χ4v) is 3.85. The van der Waals surface area contributed by atoms with E-state index in [9.17, 15) is 4.79 Å². The molecule has 0 saturated carbocycles. The Kier molecular flexibility index (Phi) is 5.70. The third-order valence-electron chi connectivity index (χ3n) is 5.34. The topological polar surface area (TPSA) is 68.0 Å². The number of likely N-dealkylation sites (tertiary alicyclic amines) is 1. The molecule has 1 fully saturated rings. The highest BCUT2D eigenvalue weighted by molar-refractivity contribution is 5.74. The van der Waals surface area contributed by atoms with Gasteiger partial charge in [0.1, 0.15) is 0 Å². The zero-order valence-corrected chi connectivity index (χ0v) is 15.9. The van der Waals surface area contributed by atoms with Gasteiger partial charge in [0.2, 0.25) is 0 Å². The van der Waals surface area contributed by atoms with Crippen molar-refractivity contribution in [2.24, 2.45) is 0 Å². The van der Waals surface area contributed by atoms with Gasteiger partial charge in [0.25, 0.3) is 0 Å². The summed E-state index contributed by atoms with van der Waals surface area (Å²) in [6.07, 6.45) is 13.5. The molecule has 146 valence electrons. The van der Waals surface area contributed by atoms with Crippen LogP contribution in [0, 0.1) is 0 Å². The molecule has 1 saturated heterocycles. The van der Waals surface area contributed by atoms with Crippen molar-refractivity contribution >= 4 is 6.03 Å². The second kappa shape index (κ2) is 8.73. The summed E-state index contributed by atoms with van der Waals surface area (Å²) in [4.78, 5) is 19.0. The van der Waals surface area contributed by atoms with E-state index in [1.165, 1.54) is 6.42 Å². The molecule has 0 bridgehead atoms. The number of imidazole rings is 1. The molecule has 1 N–H and O–H groups in total. The number of urea groups is 1. The van der Waals surface area contributed by atoms with Gasteiger partial charge in [-0.05, 0) is 43.4 Å². The lowest BCUT2D eigenvalue weighted by atomic mass is 9.99. The SMILES string of the molecule is O=C(NCc1ccccc1-n1cccn1)N1CCCC[C@@H]1CCn1ccnc1. The number of piperidine rings is 1. The summed E-state index contributed by atoms with van der Waals surface area (Å²) >= 11 is 0. The summed E-state index contributed by atoms with van der Waals surface area (Å²) in [5, 5.41) is 7.43. The molecule has 7 heteroatoms. The lowest BCUT2D eigenvalue weighted by Gasteiger charge is -2.36. The molecule has 2 amide bonds. The normalized spacial score (nSPS) is 16.9. The second-order valence-electron chi connectivity index (χ2n) is 7.17. The van der Waals surface area contributed by atoms with Gasteiger partial charge in [-0.3, -0.25) is 0 Å². The van der Waals surface area contributed by atoms with Gasteiger partial charge in [0, 0.05) is 50.5 Å². The third kappa shape index (κ3) is 4.24. The first-order valence-corrected chi connectivity index (χ1v) is 9.89. The van der Waals surface area contributed by atoms with Crippen molar-refractivity contribution in [1.82, 2.24) is 29.5 Å². The minimum atomic E-state index is 0.0191. The van der Waals surface area contributed by atoms with Crippen LogP contribution in [0.5, 0.6) is 0 Å². The second-order valence-corrected chi connectivity index (χ2v) is 7.17. The Morgan fingerprint density at radius 3 is 2.89 bits per heavy atom. The van der Waals surface area contributed by atoms with Gasteiger partial charge >= 0.3 is 6.03 Å². The summed E-state index contributed by atoms with van der Waals surface area (Å²) in [5.41, 5.74) is 2.04. The van der Waals surface area contributed by atoms with Crippen LogP contribution < -0.4 is 5.32 Å². The number of rotatable bonds is 6. The fourth-order valence-electron chi connectivity index (χ4n) is 3.85. The first-order chi connectivity index (χ1) is 13.8. The maximum absolute atomic E-state index is 12.9. The van der Waals surface area contributed by atoms with E-state index in [0.29, 0.717) is 6.54 Å². The van der Waals surface area contributed by atoms with Crippen molar-refractivity contribution in [1.29, 1.82) is 0 Å². The molecular weight excluding hydrogens is 352 g/mol. The van der Waals surface area contributed by atoms with Crippen LogP contribution in [0.15, 0.2) is 61.4 Å². The van der Waals surface area contributed by atoms with Crippen molar-refractivity contribution in [3.05, 3.63) is 67.0 Å². The van der Waals surface area contributed by atoms with Gasteiger partial charge in [0.05, 0.1) is 12.0 Å². The molecule has 3 aromatic rings. The Balaban J connectivity index is 1.38. The summed E-state index contributed by atoms with van der Waals surface area (Å²) < 4.78 is 3.90. The zero-order valence-electron chi connectivity index (χ0n) is 15.9. The van der Waals surface area contributed by atoms with Gasteiger partial charge in [-0.25, -0.2) is 14.5 Å². The van der Waals surface area contributed by atoms with Crippen LogP contribution in [-0.2, 0) is 13.1 Å². The Morgan fingerprint density at radius 2 is 2.07 bits per heavy atom. The van der Waals surface area contributed by atoms with Gasteiger partial charge in [-0.1, -0.05) is 18.2 Å². The van der Waals surface area contributed by atoms with Crippen LogP contribution in [0.3, 0.4) is 0 Å². The number of hydrogen-bond acceptors (Lipinski definition) is 3. The summed E-state index contributed by atoms with van der Waals surface area (Å²) in [6, 6.07) is 10.2. The monoisotopic (exact) mass is 378 g/mol. The minimum absolute atomic E-state index is 0.0191. The average molecular weight is 378 g/mol. The highest BCUT2D eigenvalue weighted by Crippen LogP contribution is 2.21. The number of amides is 2. The molecule has 1 aromatic carbocycles. The van der Waals surface area contributed by atoms with Crippen LogP contribution >= 0.6 is 0 Å². The standard InChI is InChI=1S/C21H26N6O/c28-21(23-16-18-6-1-2-8-20(18)27-13-5-10-24-27)26-12-4-3-7-19(26)9-14-25-15-11-22-17-25/h1-2,5-6,8,10-11,13,15,17,19H,3-4,7,9,12,14,16H2,(H,23,28)/t19-/m1/s1. The van der Waals surface area contributed by atoms with Crippen molar-refractivity contribution in [3.63, 3.8) is 0 Å². The molecule has 1 aliphatic heterocycles. The molecule has 0 radical (unpaired) electrons. The van der Waals surface area contributed by atoms with Crippen molar-refractivity contribution in [3.8, 4) is 5.69 Å². The zero-order chi connectivity index (χ0) is 19.2. The van der Waals surface area contributed by atoms with E-state index in [4.69, 9.17) is 0 Å². The van der Waals surface area contributed by atoms with E-state index in [-0.39, 0.29) is 12.1 Å². The van der Waals surface area contributed by atoms with Crippen molar-refractivity contribution < 1.29 is 4.79 Å². The molecule has 1 aliphatic rings. The molecule has 1 atom stereocenters. The van der Waals surface area contributed by atoms with E-state index in [0.717, 1.165) is 43.6 Å². The smallest absolute Gasteiger partial charge is 0.317 e.